The third kappa shape index (κ3) is 4.85. The van der Waals surface area contributed by atoms with Crippen molar-refractivity contribution in [3.63, 3.8) is 0 Å². The third-order valence-corrected chi connectivity index (χ3v) is 5.63. The number of sulfone groups is 1. The largest absolute Gasteiger partial charge is 0.478 e. The predicted molar refractivity (Wildman–Crippen MR) is 76.0 cm³/mol. The minimum atomic E-state index is -3.99. The van der Waals surface area contributed by atoms with E-state index in [9.17, 15) is 21.6 Å². The molecule has 0 amide bonds. The molecule has 0 fully saturated rings. The van der Waals surface area contributed by atoms with Gasteiger partial charge in [0.2, 0.25) is 10.0 Å². The van der Waals surface area contributed by atoms with Crippen LogP contribution >= 0.6 is 15.9 Å². The lowest BCUT2D eigenvalue weighted by atomic mass is 10.2. The number of hydrogen-bond donors (Lipinski definition) is 2. The normalized spacial score (nSPS) is 12.3. The molecule has 0 spiro atoms. The molecule has 1 aromatic rings. The van der Waals surface area contributed by atoms with Crippen molar-refractivity contribution in [3.05, 3.63) is 28.2 Å². The number of aromatic carboxylic acids is 1. The standard InChI is InChI=1S/C10H12BrNO6S2/c1-19(15,16)5-4-12-20(17,18)9-6-7(10(13)14)2-3-8(9)11/h2-3,6,12H,4-5H2,1H3,(H,13,14). The van der Waals surface area contributed by atoms with Gasteiger partial charge in [-0.3, -0.25) is 0 Å². The van der Waals surface area contributed by atoms with Crippen LogP contribution in [0.15, 0.2) is 27.6 Å². The molecule has 0 aliphatic rings. The fraction of sp³-hybridized carbons (Fsp3) is 0.300. The zero-order valence-corrected chi connectivity index (χ0v) is 13.5. The first-order valence-corrected chi connectivity index (χ1v) is 9.57. The molecule has 7 nitrogen and oxygen atoms in total. The lowest BCUT2D eigenvalue weighted by Gasteiger charge is -2.09. The Hall–Kier alpha value is -0.970. The van der Waals surface area contributed by atoms with E-state index in [1.54, 1.807) is 0 Å². The van der Waals surface area contributed by atoms with E-state index in [1.807, 2.05) is 0 Å². The maximum Gasteiger partial charge on any atom is 0.335 e. The average molecular weight is 386 g/mol. The van der Waals surface area contributed by atoms with Gasteiger partial charge in [-0.1, -0.05) is 0 Å². The van der Waals surface area contributed by atoms with Crippen LogP contribution in [-0.4, -0.2) is 46.5 Å². The van der Waals surface area contributed by atoms with E-state index in [2.05, 4.69) is 20.7 Å². The SMILES string of the molecule is CS(=O)(=O)CCNS(=O)(=O)c1cc(C(=O)O)ccc1Br. The van der Waals surface area contributed by atoms with E-state index < -0.39 is 25.8 Å². The topological polar surface area (TPSA) is 118 Å². The van der Waals surface area contributed by atoms with Crippen LogP contribution in [-0.2, 0) is 19.9 Å². The highest BCUT2D eigenvalue weighted by atomic mass is 79.9. The minimum Gasteiger partial charge on any atom is -0.478 e. The highest BCUT2D eigenvalue weighted by Gasteiger charge is 2.20. The molecule has 0 saturated heterocycles. The Morgan fingerprint density at radius 3 is 2.40 bits per heavy atom. The molecule has 2 N–H and O–H groups in total. The average Bonchev–Trinajstić information content (AvgIpc) is 2.26. The van der Waals surface area contributed by atoms with Crippen LogP contribution in [0.1, 0.15) is 10.4 Å². The zero-order chi connectivity index (χ0) is 15.6. The van der Waals surface area contributed by atoms with E-state index in [-0.39, 0.29) is 27.2 Å². The van der Waals surface area contributed by atoms with E-state index in [1.165, 1.54) is 12.1 Å². The summed E-state index contributed by atoms with van der Waals surface area (Å²) in [5.41, 5.74) is -0.184. The molecule has 112 valence electrons. The van der Waals surface area contributed by atoms with Gasteiger partial charge in [0.1, 0.15) is 9.84 Å². The van der Waals surface area contributed by atoms with Gasteiger partial charge in [0, 0.05) is 17.3 Å². The first-order valence-electron chi connectivity index (χ1n) is 5.23. The molecule has 0 aromatic heterocycles. The van der Waals surface area contributed by atoms with Crippen molar-refractivity contribution in [1.29, 1.82) is 0 Å². The van der Waals surface area contributed by atoms with Gasteiger partial charge in [0.05, 0.1) is 16.2 Å². The number of carbonyl (C=O) groups is 1. The van der Waals surface area contributed by atoms with Gasteiger partial charge in [-0.2, -0.15) is 0 Å². The van der Waals surface area contributed by atoms with E-state index in [0.29, 0.717) is 0 Å². The quantitative estimate of drug-likeness (QED) is 0.734. The van der Waals surface area contributed by atoms with Gasteiger partial charge in [-0.05, 0) is 34.1 Å². The van der Waals surface area contributed by atoms with E-state index >= 15 is 0 Å². The molecule has 20 heavy (non-hydrogen) atoms. The van der Waals surface area contributed by atoms with E-state index in [0.717, 1.165) is 12.3 Å². The fourth-order valence-electron chi connectivity index (χ4n) is 1.28. The van der Waals surface area contributed by atoms with Crippen molar-refractivity contribution < 1.29 is 26.7 Å². The number of benzene rings is 1. The lowest BCUT2D eigenvalue weighted by Crippen LogP contribution is -2.29. The second kappa shape index (κ2) is 6.20. The van der Waals surface area contributed by atoms with Crippen LogP contribution in [0.5, 0.6) is 0 Å². The van der Waals surface area contributed by atoms with Crippen LogP contribution in [0.3, 0.4) is 0 Å². The Bertz CT molecular complexity index is 726. The van der Waals surface area contributed by atoms with Crippen LogP contribution < -0.4 is 4.72 Å². The number of rotatable bonds is 6. The van der Waals surface area contributed by atoms with Crippen LogP contribution in [0, 0.1) is 0 Å². The molecule has 0 unspecified atom stereocenters. The summed E-state index contributed by atoms with van der Waals surface area (Å²) in [5, 5.41) is 8.84. The van der Waals surface area contributed by atoms with Crippen LogP contribution in [0.25, 0.3) is 0 Å². The number of hydrogen-bond acceptors (Lipinski definition) is 5. The molecular formula is C10H12BrNO6S2. The summed E-state index contributed by atoms with van der Waals surface area (Å²) in [4.78, 5) is 10.6. The second-order valence-electron chi connectivity index (χ2n) is 3.98. The summed E-state index contributed by atoms with van der Waals surface area (Å²) >= 11 is 3.02. The first kappa shape index (κ1) is 17.1. The summed E-state index contributed by atoms with van der Waals surface area (Å²) in [6, 6.07) is 3.55. The van der Waals surface area contributed by atoms with Crippen molar-refractivity contribution in [2.24, 2.45) is 0 Å². The molecule has 0 radical (unpaired) electrons. The highest BCUT2D eigenvalue weighted by Crippen LogP contribution is 2.23. The number of carboxylic acids is 1. The van der Waals surface area contributed by atoms with Gasteiger partial charge >= 0.3 is 5.97 Å². The van der Waals surface area contributed by atoms with Gasteiger partial charge in [0.25, 0.3) is 0 Å². The number of halogens is 1. The first-order chi connectivity index (χ1) is 9.03. The molecule has 0 aliphatic heterocycles. The molecule has 1 aromatic carbocycles. The van der Waals surface area contributed by atoms with Gasteiger partial charge in [0.15, 0.2) is 0 Å². The molecule has 0 saturated carbocycles. The molecule has 0 heterocycles. The maximum absolute atomic E-state index is 12.0. The molecular weight excluding hydrogens is 374 g/mol. The Labute approximate surface area is 125 Å². The Kier molecular flexibility index (Phi) is 5.30. The van der Waals surface area contributed by atoms with Gasteiger partial charge < -0.3 is 5.11 Å². The molecule has 0 atom stereocenters. The van der Waals surface area contributed by atoms with Crippen molar-refractivity contribution in [2.45, 2.75) is 4.90 Å². The number of nitrogens with one attached hydrogen (secondary N) is 1. The highest BCUT2D eigenvalue weighted by molar-refractivity contribution is 9.10. The summed E-state index contributed by atoms with van der Waals surface area (Å²) < 4.78 is 48.2. The van der Waals surface area contributed by atoms with Gasteiger partial charge in [-0.15, -0.1) is 0 Å². The maximum atomic E-state index is 12.0. The number of sulfonamides is 1. The number of carboxylic acid groups (broad SMARTS) is 1. The zero-order valence-electron chi connectivity index (χ0n) is 10.3. The van der Waals surface area contributed by atoms with Crippen molar-refractivity contribution in [1.82, 2.24) is 4.72 Å². The van der Waals surface area contributed by atoms with E-state index in [4.69, 9.17) is 5.11 Å². The predicted octanol–water partition coefficient (Wildman–Crippen LogP) is 0.470. The van der Waals surface area contributed by atoms with Gasteiger partial charge in [-0.25, -0.2) is 26.4 Å². The smallest absolute Gasteiger partial charge is 0.335 e. The Morgan fingerprint density at radius 2 is 1.90 bits per heavy atom. The molecule has 10 heteroatoms. The molecule has 0 bridgehead atoms. The van der Waals surface area contributed by atoms with Crippen molar-refractivity contribution in [2.75, 3.05) is 18.6 Å². The summed E-state index contributed by atoms with van der Waals surface area (Å²) in [5.74, 6) is -1.60. The van der Waals surface area contributed by atoms with Crippen LogP contribution in [0.4, 0.5) is 0 Å². The Morgan fingerprint density at radius 1 is 1.30 bits per heavy atom. The molecule has 1 rings (SSSR count). The van der Waals surface area contributed by atoms with Crippen LogP contribution in [0.2, 0.25) is 0 Å². The van der Waals surface area contributed by atoms with Crippen molar-refractivity contribution in [3.8, 4) is 0 Å². The second-order valence-corrected chi connectivity index (χ2v) is 8.83. The summed E-state index contributed by atoms with van der Waals surface area (Å²) in [6.45, 7) is -0.287. The minimum absolute atomic E-state index is 0.184. The third-order valence-electron chi connectivity index (χ3n) is 2.23. The molecule has 0 aliphatic carbocycles. The summed E-state index contributed by atoms with van der Waals surface area (Å²) in [6.07, 6.45) is 0.988. The van der Waals surface area contributed by atoms with Crippen molar-refractivity contribution >= 4 is 41.8 Å². The fourth-order valence-corrected chi connectivity index (χ4v) is 3.90. The lowest BCUT2D eigenvalue weighted by molar-refractivity contribution is 0.0696. The Balaban J connectivity index is 3.03. The summed E-state index contributed by atoms with van der Waals surface area (Å²) in [7, 11) is -7.29. The monoisotopic (exact) mass is 385 g/mol.